The van der Waals surface area contributed by atoms with Crippen molar-refractivity contribution < 1.29 is 0 Å². The number of aryl methyl sites for hydroxylation is 1. The van der Waals surface area contributed by atoms with Gasteiger partial charge in [0, 0.05) is 42.8 Å². The standard InChI is InChI=1S/C14H19N5/c1-11-16-5-4-14(18-11)12-3-2-6-19(8-12)9-13-7-15-10-17-13/h4-5,7,10,12H,2-3,6,8-9H2,1H3,(H,15,17). The summed E-state index contributed by atoms with van der Waals surface area (Å²) in [5.74, 6) is 1.39. The molecule has 1 atom stereocenters. The summed E-state index contributed by atoms with van der Waals surface area (Å²) in [6.45, 7) is 5.12. The number of aromatic amines is 1. The number of aromatic nitrogens is 4. The van der Waals surface area contributed by atoms with Crippen LogP contribution in [-0.2, 0) is 6.54 Å². The second-order valence-corrected chi connectivity index (χ2v) is 5.18. The van der Waals surface area contributed by atoms with Gasteiger partial charge in [-0.15, -0.1) is 0 Å². The molecule has 0 saturated carbocycles. The van der Waals surface area contributed by atoms with Crippen LogP contribution >= 0.6 is 0 Å². The Morgan fingerprint density at radius 3 is 3.21 bits per heavy atom. The first kappa shape index (κ1) is 12.3. The summed E-state index contributed by atoms with van der Waals surface area (Å²) in [6, 6.07) is 2.05. The highest BCUT2D eigenvalue weighted by atomic mass is 15.1. The van der Waals surface area contributed by atoms with Gasteiger partial charge in [-0.25, -0.2) is 15.0 Å². The number of hydrogen-bond acceptors (Lipinski definition) is 4. The summed E-state index contributed by atoms with van der Waals surface area (Å²) in [5.41, 5.74) is 2.36. The van der Waals surface area contributed by atoms with E-state index in [0.717, 1.165) is 25.5 Å². The van der Waals surface area contributed by atoms with Crippen molar-refractivity contribution in [3.63, 3.8) is 0 Å². The van der Waals surface area contributed by atoms with Gasteiger partial charge in [-0.05, 0) is 32.4 Å². The van der Waals surface area contributed by atoms with Gasteiger partial charge in [-0.1, -0.05) is 0 Å². The molecule has 0 amide bonds. The van der Waals surface area contributed by atoms with Crippen LogP contribution in [-0.4, -0.2) is 37.9 Å². The molecule has 19 heavy (non-hydrogen) atoms. The fraction of sp³-hybridized carbons (Fsp3) is 0.500. The highest BCUT2D eigenvalue weighted by Gasteiger charge is 2.22. The summed E-state index contributed by atoms with van der Waals surface area (Å²) < 4.78 is 0. The van der Waals surface area contributed by atoms with E-state index in [0.29, 0.717) is 5.92 Å². The van der Waals surface area contributed by atoms with Crippen LogP contribution in [0, 0.1) is 6.92 Å². The van der Waals surface area contributed by atoms with Crippen LogP contribution in [0.5, 0.6) is 0 Å². The molecule has 1 unspecified atom stereocenters. The van der Waals surface area contributed by atoms with Crippen molar-refractivity contribution in [2.24, 2.45) is 0 Å². The molecule has 3 rings (SSSR count). The first-order valence-electron chi connectivity index (χ1n) is 6.80. The number of nitrogens with zero attached hydrogens (tertiary/aromatic N) is 4. The van der Waals surface area contributed by atoms with Crippen LogP contribution in [0.25, 0.3) is 0 Å². The Morgan fingerprint density at radius 1 is 1.47 bits per heavy atom. The Morgan fingerprint density at radius 2 is 2.42 bits per heavy atom. The SMILES string of the molecule is Cc1nccc(C2CCCN(Cc3cnc[nH]3)C2)n1. The zero-order valence-electron chi connectivity index (χ0n) is 11.2. The minimum Gasteiger partial charge on any atom is -0.347 e. The summed E-state index contributed by atoms with van der Waals surface area (Å²) in [6.07, 6.45) is 7.95. The lowest BCUT2D eigenvalue weighted by Crippen LogP contribution is -2.34. The molecule has 0 aliphatic carbocycles. The minimum absolute atomic E-state index is 0.526. The Kier molecular flexibility index (Phi) is 3.55. The van der Waals surface area contributed by atoms with E-state index in [1.54, 1.807) is 6.33 Å². The number of rotatable bonds is 3. The molecule has 2 aromatic heterocycles. The zero-order valence-corrected chi connectivity index (χ0v) is 11.2. The summed E-state index contributed by atoms with van der Waals surface area (Å²) in [7, 11) is 0. The number of piperidine rings is 1. The van der Waals surface area contributed by atoms with Crippen molar-refractivity contribution >= 4 is 0 Å². The Bertz CT molecular complexity index is 522. The third-order valence-electron chi connectivity index (χ3n) is 3.67. The molecule has 2 aromatic rings. The van der Waals surface area contributed by atoms with Gasteiger partial charge in [0.25, 0.3) is 0 Å². The predicted octanol–water partition coefficient (Wildman–Crippen LogP) is 1.89. The topological polar surface area (TPSA) is 57.7 Å². The maximum Gasteiger partial charge on any atom is 0.125 e. The van der Waals surface area contributed by atoms with Gasteiger partial charge in [-0.2, -0.15) is 0 Å². The van der Waals surface area contributed by atoms with Gasteiger partial charge in [-0.3, -0.25) is 4.90 Å². The van der Waals surface area contributed by atoms with Crippen LogP contribution in [0.3, 0.4) is 0 Å². The monoisotopic (exact) mass is 257 g/mol. The molecule has 0 spiro atoms. The number of H-pyrrole nitrogens is 1. The van der Waals surface area contributed by atoms with E-state index in [9.17, 15) is 0 Å². The van der Waals surface area contributed by atoms with E-state index >= 15 is 0 Å². The average molecular weight is 257 g/mol. The predicted molar refractivity (Wildman–Crippen MR) is 72.6 cm³/mol. The second kappa shape index (κ2) is 5.48. The molecule has 100 valence electrons. The van der Waals surface area contributed by atoms with Crippen LogP contribution in [0.4, 0.5) is 0 Å². The number of hydrogen-bond donors (Lipinski definition) is 1. The first-order valence-corrected chi connectivity index (χ1v) is 6.80. The van der Waals surface area contributed by atoms with E-state index in [4.69, 9.17) is 0 Å². The molecule has 1 aliphatic rings. The van der Waals surface area contributed by atoms with Gasteiger partial charge in [0.1, 0.15) is 5.82 Å². The maximum absolute atomic E-state index is 4.57. The third kappa shape index (κ3) is 2.98. The summed E-state index contributed by atoms with van der Waals surface area (Å²) >= 11 is 0. The van der Waals surface area contributed by atoms with Crippen molar-refractivity contribution in [1.82, 2.24) is 24.8 Å². The summed E-state index contributed by atoms with van der Waals surface area (Å²) in [5, 5.41) is 0. The van der Waals surface area contributed by atoms with E-state index in [1.165, 1.54) is 24.2 Å². The molecule has 5 nitrogen and oxygen atoms in total. The number of imidazole rings is 1. The quantitative estimate of drug-likeness (QED) is 0.912. The van der Waals surface area contributed by atoms with Crippen molar-refractivity contribution in [3.8, 4) is 0 Å². The fourth-order valence-corrected chi connectivity index (χ4v) is 2.75. The van der Waals surface area contributed by atoms with Crippen molar-refractivity contribution in [2.75, 3.05) is 13.1 Å². The van der Waals surface area contributed by atoms with Gasteiger partial charge in [0.15, 0.2) is 0 Å². The molecular weight excluding hydrogens is 238 g/mol. The maximum atomic E-state index is 4.57. The van der Waals surface area contributed by atoms with Crippen LogP contribution in [0.1, 0.15) is 36.0 Å². The second-order valence-electron chi connectivity index (χ2n) is 5.18. The third-order valence-corrected chi connectivity index (χ3v) is 3.67. The lowest BCUT2D eigenvalue weighted by molar-refractivity contribution is 0.196. The van der Waals surface area contributed by atoms with Gasteiger partial charge in [0.05, 0.1) is 6.33 Å². The highest BCUT2D eigenvalue weighted by Crippen LogP contribution is 2.26. The van der Waals surface area contributed by atoms with Crippen LogP contribution < -0.4 is 0 Å². The Labute approximate surface area is 113 Å². The van der Waals surface area contributed by atoms with Gasteiger partial charge < -0.3 is 4.98 Å². The smallest absolute Gasteiger partial charge is 0.125 e. The van der Waals surface area contributed by atoms with Crippen LogP contribution in [0.15, 0.2) is 24.8 Å². The molecule has 1 aliphatic heterocycles. The van der Waals surface area contributed by atoms with E-state index in [2.05, 4.69) is 30.9 Å². The lowest BCUT2D eigenvalue weighted by Gasteiger charge is -2.32. The van der Waals surface area contributed by atoms with Gasteiger partial charge >= 0.3 is 0 Å². The molecule has 1 N–H and O–H groups in total. The van der Waals surface area contributed by atoms with E-state index in [1.807, 2.05) is 19.3 Å². The molecule has 0 radical (unpaired) electrons. The summed E-state index contributed by atoms with van der Waals surface area (Å²) in [4.78, 5) is 18.5. The molecule has 0 aromatic carbocycles. The average Bonchev–Trinajstić information content (AvgIpc) is 2.92. The molecule has 5 heteroatoms. The van der Waals surface area contributed by atoms with Gasteiger partial charge in [0.2, 0.25) is 0 Å². The molecule has 0 bridgehead atoms. The zero-order chi connectivity index (χ0) is 13.1. The molecule has 1 saturated heterocycles. The Balaban J connectivity index is 1.67. The fourth-order valence-electron chi connectivity index (χ4n) is 2.75. The minimum atomic E-state index is 0.526. The van der Waals surface area contributed by atoms with Crippen molar-refractivity contribution in [2.45, 2.75) is 32.2 Å². The molecule has 3 heterocycles. The normalized spacial score (nSPS) is 20.6. The van der Waals surface area contributed by atoms with Crippen molar-refractivity contribution in [1.29, 1.82) is 0 Å². The van der Waals surface area contributed by atoms with E-state index in [-0.39, 0.29) is 0 Å². The number of nitrogens with one attached hydrogen (secondary N) is 1. The molecule has 1 fully saturated rings. The van der Waals surface area contributed by atoms with E-state index < -0.39 is 0 Å². The lowest BCUT2D eigenvalue weighted by atomic mass is 9.94. The number of likely N-dealkylation sites (tertiary alicyclic amines) is 1. The Hall–Kier alpha value is -1.75. The van der Waals surface area contributed by atoms with Crippen LogP contribution in [0.2, 0.25) is 0 Å². The molecular formula is C14H19N5. The largest absolute Gasteiger partial charge is 0.347 e. The van der Waals surface area contributed by atoms with Crippen molar-refractivity contribution in [3.05, 3.63) is 42.0 Å². The first-order chi connectivity index (χ1) is 9.31. The highest BCUT2D eigenvalue weighted by molar-refractivity contribution is 5.10.